The van der Waals surface area contributed by atoms with Crippen molar-refractivity contribution in [2.24, 2.45) is 0 Å². The number of nitrogens with zero attached hydrogens (tertiary/aromatic N) is 3. The van der Waals surface area contributed by atoms with Crippen molar-refractivity contribution in [2.75, 3.05) is 16.0 Å². The van der Waals surface area contributed by atoms with Crippen LogP contribution in [0.2, 0.25) is 0 Å². The fourth-order valence-corrected chi connectivity index (χ4v) is 4.12. The SMILES string of the molecule is Cc1cc(Nc2nc(Nc3ccc(O)c(C(=O)O)c3)nc(Nc3cc(C(=O)O)c(O)c(S(=O)(=O)O)c3)n2)ccc1O.O=S(=O)=O.O=S(=O)=O. The highest BCUT2D eigenvalue weighted by Crippen LogP contribution is 2.32. The maximum Gasteiger partial charge on any atom is 0.425 e. The van der Waals surface area contributed by atoms with Crippen LogP contribution in [0.5, 0.6) is 17.2 Å². The molecule has 22 nitrogen and oxygen atoms in total. The molecule has 49 heavy (non-hydrogen) atoms. The maximum atomic E-state index is 11.7. The first-order valence-electron chi connectivity index (χ1n) is 12.2. The molecular weight excluding hydrogens is 724 g/mol. The smallest absolute Gasteiger partial charge is 0.425 e. The van der Waals surface area contributed by atoms with E-state index in [1.807, 2.05) is 0 Å². The number of rotatable bonds is 9. The number of hydrogen-bond acceptors (Lipinski definition) is 19. The number of anilines is 6. The molecule has 9 N–H and O–H groups in total. The van der Waals surface area contributed by atoms with Crippen molar-refractivity contribution in [3.8, 4) is 17.2 Å². The summed E-state index contributed by atoms with van der Waals surface area (Å²) in [6.07, 6.45) is 0. The van der Waals surface area contributed by atoms with Crippen molar-refractivity contribution in [1.29, 1.82) is 0 Å². The highest BCUT2D eigenvalue weighted by Gasteiger charge is 2.24. The molecule has 3 aromatic carbocycles. The number of hydrogen-bond donors (Lipinski definition) is 9. The summed E-state index contributed by atoms with van der Waals surface area (Å²) in [5.74, 6) is -5.31. The molecule has 1 aromatic heterocycles. The van der Waals surface area contributed by atoms with Gasteiger partial charge < -0.3 is 41.5 Å². The number of aromatic hydroxyl groups is 3. The molecule has 4 rings (SSSR count). The standard InChI is InChI=1S/C24H20N6O10S.2O3S/c1-10-6-11(2-4-16(10)31)25-22-28-23(26-12-3-5-17(32)14(7-12)20(34)35)30-24(29-22)27-13-8-15(21(36)37)19(33)18(9-13)41(38,39)40;2*1-4(2)3/h2-9,31-33H,1H3,(H,34,35)(H,36,37)(H,38,39,40)(H3,25,26,27,28,29,30);;. The number of nitrogens with one attached hydrogen (secondary N) is 3. The van der Waals surface area contributed by atoms with E-state index >= 15 is 0 Å². The normalized spacial score (nSPS) is 10.2. The van der Waals surface area contributed by atoms with Gasteiger partial charge >= 0.3 is 33.2 Å². The van der Waals surface area contributed by atoms with Crippen molar-refractivity contribution in [3.63, 3.8) is 0 Å². The minimum atomic E-state index is -5.04. The monoisotopic (exact) mass is 744 g/mol. The van der Waals surface area contributed by atoms with E-state index in [1.165, 1.54) is 18.2 Å². The summed E-state index contributed by atoms with van der Waals surface area (Å²) in [6, 6.07) is 9.73. The highest BCUT2D eigenvalue weighted by molar-refractivity contribution is 7.86. The second-order valence-electron chi connectivity index (χ2n) is 8.78. The van der Waals surface area contributed by atoms with Crippen LogP contribution >= 0.6 is 0 Å². The first-order chi connectivity index (χ1) is 22.7. The van der Waals surface area contributed by atoms with E-state index in [1.54, 1.807) is 13.0 Å². The zero-order chi connectivity index (χ0) is 37.2. The molecule has 0 atom stereocenters. The number of phenols is 3. The zero-order valence-corrected chi connectivity index (χ0v) is 26.4. The summed E-state index contributed by atoms with van der Waals surface area (Å²) in [6.45, 7) is 1.65. The summed E-state index contributed by atoms with van der Waals surface area (Å²) < 4.78 is 83.6. The molecule has 0 aliphatic rings. The van der Waals surface area contributed by atoms with E-state index in [0.29, 0.717) is 11.3 Å². The summed E-state index contributed by atoms with van der Waals surface area (Å²) in [5, 5.41) is 56.5. The Hall–Kier alpha value is -6.44. The molecule has 0 saturated heterocycles. The number of carbonyl (C=O) groups is 2. The number of benzene rings is 3. The number of aryl methyl sites for hydroxylation is 1. The molecule has 0 fully saturated rings. The van der Waals surface area contributed by atoms with E-state index in [9.17, 15) is 48.1 Å². The number of aromatic nitrogens is 3. The number of carboxylic acids is 2. The van der Waals surface area contributed by atoms with Gasteiger partial charge in [0, 0.05) is 17.1 Å². The van der Waals surface area contributed by atoms with E-state index < -0.39 is 70.8 Å². The van der Waals surface area contributed by atoms with Gasteiger partial charge in [0.15, 0.2) is 5.75 Å². The van der Waals surface area contributed by atoms with Gasteiger partial charge in [0.25, 0.3) is 10.1 Å². The fourth-order valence-electron chi connectivity index (χ4n) is 3.49. The van der Waals surface area contributed by atoms with Crippen LogP contribution in [0.1, 0.15) is 26.3 Å². The molecular formula is C24H20N6O16S3. The Balaban J connectivity index is 0.000000939. The van der Waals surface area contributed by atoms with Gasteiger partial charge in [-0.25, -0.2) is 9.59 Å². The van der Waals surface area contributed by atoms with Crippen LogP contribution in [0.3, 0.4) is 0 Å². The molecule has 0 amide bonds. The molecule has 260 valence electrons. The predicted octanol–water partition coefficient (Wildman–Crippen LogP) is 1.16. The first-order valence-corrected chi connectivity index (χ1v) is 15.7. The van der Waals surface area contributed by atoms with Crippen molar-refractivity contribution in [1.82, 2.24) is 15.0 Å². The lowest BCUT2D eigenvalue weighted by Gasteiger charge is -2.14. The molecule has 0 spiro atoms. The maximum absolute atomic E-state index is 11.7. The summed E-state index contributed by atoms with van der Waals surface area (Å²) in [4.78, 5) is 34.4. The topological polar surface area (TPSA) is 367 Å². The third kappa shape index (κ3) is 12.0. The van der Waals surface area contributed by atoms with Crippen LogP contribution < -0.4 is 16.0 Å². The molecule has 0 radical (unpaired) electrons. The molecule has 0 aliphatic heterocycles. The molecule has 1 heterocycles. The van der Waals surface area contributed by atoms with Crippen molar-refractivity contribution < 1.29 is 73.3 Å². The molecule has 0 aliphatic carbocycles. The summed E-state index contributed by atoms with van der Waals surface area (Å²) in [5.41, 5.74) is -0.409. The van der Waals surface area contributed by atoms with Gasteiger partial charge in [-0.05, 0) is 61.0 Å². The molecule has 0 unspecified atom stereocenters. The van der Waals surface area contributed by atoms with Crippen LogP contribution in [0.4, 0.5) is 34.9 Å². The van der Waals surface area contributed by atoms with Gasteiger partial charge in [-0.15, -0.1) is 25.3 Å². The van der Waals surface area contributed by atoms with Crippen molar-refractivity contribution in [3.05, 3.63) is 65.2 Å². The van der Waals surface area contributed by atoms with Crippen LogP contribution in [0.25, 0.3) is 0 Å². The summed E-state index contributed by atoms with van der Waals surface area (Å²) >= 11 is 0. The van der Waals surface area contributed by atoms with Crippen molar-refractivity contribution in [2.45, 2.75) is 11.8 Å². The third-order valence-electron chi connectivity index (χ3n) is 5.41. The minimum absolute atomic E-state index is 0.0358. The van der Waals surface area contributed by atoms with E-state index in [4.69, 9.17) is 25.3 Å². The lowest BCUT2D eigenvalue weighted by molar-refractivity contribution is 0.0682. The largest absolute Gasteiger partial charge is 0.508 e. The van der Waals surface area contributed by atoms with Gasteiger partial charge in [0.2, 0.25) is 17.8 Å². The minimum Gasteiger partial charge on any atom is -0.508 e. The Morgan fingerprint density at radius 3 is 1.43 bits per heavy atom. The van der Waals surface area contributed by atoms with Crippen molar-refractivity contribution >= 4 is 78.2 Å². The molecule has 25 heteroatoms. The number of carboxylic acid groups (broad SMARTS) is 2. The predicted molar refractivity (Wildman–Crippen MR) is 162 cm³/mol. The Kier molecular flexibility index (Phi) is 13.0. The van der Waals surface area contributed by atoms with Gasteiger partial charge in [-0.2, -0.15) is 23.4 Å². The van der Waals surface area contributed by atoms with Gasteiger partial charge in [0.1, 0.15) is 27.5 Å². The zero-order valence-electron chi connectivity index (χ0n) is 24.0. The Bertz CT molecular complexity index is 2230. The van der Waals surface area contributed by atoms with E-state index in [2.05, 4.69) is 30.9 Å². The van der Waals surface area contributed by atoms with Crippen LogP contribution in [0.15, 0.2) is 53.4 Å². The molecule has 0 saturated carbocycles. The highest BCUT2D eigenvalue weighted by atomic mass is 32.2. The third-order valence-corrected chi connectivity index (χ3v) is 6.28. The Morgan fingerprint density at radius 1 is 0.633 bits per heavy atom. The summed E-state index contributed by atoms with van der Waals surface area (Å²) in [7, 11) is -11.3. The lowest BCUT2D eigenvalue weighted by Crippen LogP contribution is -2.09. The molecule has 0 bridgehead atoms. The van der Waals surface area contributed by atoms with Crippen LogP contribution in [0, 0.1) is 6.92 Å². The Morgan fingerprint density at radius 2 is 1.02 bits per heavy atom. The van der Waals surface area contributed by atoms with Crippen LogP contribution in [-0.2, 0) is 31.3 Å². The second kappa shape index (κ2) is 16.4. The van der Waals surface area contributed by atoms with E-state index in [0.717, 1.165) is 24.3 Å². The average molecular weight is 745 g/mol. The van der Waals surface area contributed by atoms with Gasteiger partial charge in [0.05, 0.1) is 0 Å². The van der Waals surface area contributed by atoms with E-state index in [-0.39, 0.29) is 35.0 Å². The van der Waals surface area contributed by atoms with Gasteiger partial charge in [-0.1, -0.05) is 0 Å². The molecule has 4 aromatic rings. The quantitative estimate of drug-likeness (QED) is 0.0857. The Labute approximate surface area is 276 Å². The fraction of sp³-hybridized carbons (Fsp3) is 0.0417. The number of aromatic carboxylic acids is 2. The number of phenolic OH excluding ortho intramolecular Hbond substituents is 1. The van der Waals surface area contributed by atoms with Gasteiger partial charge in [-0.3, -0.25) is 4.55 Å². The van der Waals surface area contributed by atoms with Crippen LogP contribution in [-0.4, -0.2) is 90.6 Å². The second-order valence-corrected chi connectivity index (χ2v) is 11.0. The first kappa shape index (κ1) is 38.7. The lowest BCUT2D eigenvalue weighted by atomic mass is 10.2. The average Bonchev–Trinajstić information content (AvgIpc) is 2.95.